The highest BCUT2D eigenvalue weighted by atomic mass is 16.1. The Morgan fingerprint density at radius 3 is 2.93 bits per heavy atom. The maximum atomic E-state index is 10.8. The highest BCUT2D eigenvalue weighted by Crippen LogP contribution is 2.12. The van der Waals surface area contributed by atoms with Gasteiger partial charge in [-0.15, -0.1) is 0 Å². The molecule has 0 amide bonds. The molecule has 0 aliphatic rings. The van der Waals surface area contributed by atoms with E-state index in [1.165, 1.54) is 5.39 Å². The molecule has 72 valence electrons. The molecule has 0 saturated heterocycles. The van der Waals surface area contributed by atoms with E-state index in [1.807, 2.05) is 41.2 Å². The van der Waals surface area contributed by atoms with Crippen LogP contribution in [-0.2, 0) is 4.79 Å². The number of rotatable bonds is 3. The largest absolute Gasteiger partial charge is 0.318 e. The minimum absolute atomic E-state index is 0.128. The van der Waals surface area contributed by atoms with E-state index in [1.54, 1.807) is 6.92 Å². The fourth-order valence-electron chi connectivity index (χ4n) is 1.42. The molecule has 0 atom stereocenters. The molecule has 3 nitrogen and oxygen atoms in total. The second kappa shape index (κ2) is 3.54. The lowest BCUT2D eigenvalue weighted by Gasteiger charge is -2.06. The van der Waals surface area contributed by atoms with E-state index in [0.29, 0.717) is 6.54 Å². The average Bonchev–Trinajstić information content (AvgIpc) is 2.58. The van der Waals surface area contributed by atoms with Crippen LogP contribution >= 0.6 is 0 Å². The number of hydrogen-bond acceptors (Lipinski definition) is 2. The fourth-order valence-corrected chi connectivity index (χ4v) is 1.42. The second-order valence-electron chi connectivity index (χ2n) is 3.28. The number of nitrogens with zero attached hydrogens (tertiary/aromatic N) is 1. The van der Waals surface area contributed by atoms with Gasteiger partial charge in [-0.3, -0.25) is 9.47 Å². The molecule has 0 bridgehead atoms. The SMILES string of the molecule is CC(=O)CNn1ccc2ccccc21. The number of benzene rings is 1. The van der Waals surface area contributed by atoms with Gasteiger partial charge in [-0.1, -0.05) is 18.2 Å². The van der Waals surface area contributed by atoms with Gasteiger partial charge in [-0.25, -0.2) is 0 Å². The van der Waals surface area contributed by atoms with Crippen LogP contribution in [0.25, 0.3) is 10.9 Å². The first kappa shape index (κ1) is 8.81. The molecule has 0 aliphatic heterocycles. The number of carbonyl (C=O) groups excluding carboxylic acids is 1. The van der Waals surface area contributed by atoms with Crippen molar-refractivity contribution in [2.24, 2.45) is 0 Å². The van der Waals surface area contributed by atoms with Crippen molar-refractivity contribution in [2.45, 2.75) is 6.92 Å². The summed E-state index contributed by atoms with van der Waals surface area (Å²) in [5.41, 5.74) is 4.13. The summed E-state index contributed by atoms with van der Waals surface area (Å²) in [4.78, 5) is 10.8. The van der Waals surface area contributed by atoms with E-state index in [9.17, 15) is 4.79 Å². The number of hydrogen-bond donors (Lipinski definition) is 1. The van der Waals surface area contributed by atoms with E-state index in [0.717, 1.165) is 5.52 Å². The minimum Gasteiger partial charge on any atom is -0.318 e. The second-order valence-corrected chi connectivity index (χ2v) is 3.28. The molecule has 0 aliphatic carbocycles. The molecular weight excluding hydrogens is 176 g/mol. The van der Waals surface area contributed by atoms with Crippen molar-refractivity contribution in [2.75, 3.05) is 12.0 Å². The van der Waals surface area contributed by atoms with Crippen LogP contribution in [-0.4, -0.2) is 17.0 Å². The zero-order valence-electron chi connectivity index (χ0n) is 8.03. The Labute approximate surface area is 82.3 Å². The third-order valence-electron chi connectivity index (χ3n) is 2.10. The number of carbonyl (C=O) groups is 1. The molecule has 2 rings (SSSR count). The van der Waals surface area contributed by atoms with E-state index in [4.69, 9.17) is 0 Å². The summed E-state index contributed by atoms with van der Waals surface area (Å²) < 4.78 is 1.87. The summed E-state index contributed by atoms with van der Waals surface area (Å²) in [6.07, 6.45) is 1.92. The molecular formula is C11H12N2O. The van der Waals surface area contributed by atoms with Gasteiger partial charge in [0.1, 0.15) is 5.78 Å². The van der Waals surface area contributed by atoms with Gasteiger partial charge in [-0.05, 0) is 19.1 Å². The van der Waals surface area contributed by atoms with Crippen molar-refractivity contribution >= 4 is 16.7 Å². The van der Waals surface area contributed by atoms with Crippen LogP contribution in [0.2, 0.25) is 0 Å². The van der Waals surface area contributed by atoms with Crippen molar-refractivity contribution in [3.05, 3.63) is 36.5 Å². The standard InChI is InChI=1S/C11H12N2O/c1-9(14)8-12-13-7-6-10-4-2-3-5-11(10)13/h2-7,12H,8H2,1H3. The molecule has 0 saturated carbocycles. The van der Waals surface area contributed by atoms with E-state index in [-0.39, 0.29) is 5.78 Å². The quantitative estimate of drug-likeness (QED) is 0.796. The van der Waals surface area contributed by atoms with Crippen LogP contribution in [0.15, 0.2) is 36.5 Å². The van der Waals surface area contributed by atoms with Crippen molar-refractivity contribution in [3.63, 3.8) is 0 Å². The summed E-state index contributed by atoms with van der Waals surface area (Å²) in [6, 6.07) is 10.1. The van der Waals surface area contributed by atoms with Gasteiger partial charge in [-0.2, -0.15) is 0 Å². The lowest BCUT2D eigenvalue weighted by molar-refractivity contribution is -0.115. The molecule has 1 aromatic carbocycles. The summed E-state index contributed by atoms with van der Waals surface area (Å²) in [5.74, 6) is 0.128. The molecule has 0 fully saturated rings. The summed E-state index contributed by atoms with van der Waals surface area (Å²) in [5, 5.41) is 1.17. The molecule has 0 spiro atoms. The van der Waals surface area contributed by atoms with Gasteiger partial charge in [0, 0.05) is 11.6 Å². The van der Waals surface area contributed by atoms with Gasteiger partial charge in [0.05, 0.1) is 12.1 Å². The fraction of sp³-hybridized carbons (Fsp3) is 0.182. The van der Waals surface area contributed by atoms with E-state index < -0.39 is 0 Å². The summed E-state index contributed by atoms with van der Waals surface area (Å²) in [7, 11) is 0. The first-order chi connectivity index (χ1) is 6.77. The highest BCUT2D eigenvalue weighted by molar-refractivity contribution is 5.82. The normalized spacial score (nSPS) is 10.4. The van der Waals surface area contributed by atoms with E-state index in [2.05, 4.69) is 5.43 Å². The first-order valence-electron chi connectivity index (χ1n) is 4.57. The van der Waals surface area contributed by atoms with Gasteiger partial charge in [0.25, 0.3) is 0 Å². The third-order valence-corrected chi connectivity index (χ3v) is 2.10. The lowest BCUT2D eigenvalue weighted by atomic mass is 10.3. The number of Topliss-reactive ketones (excluding diaryl/α,β-unsaturated/α-hetero) is 1. The smallest absolute Gasteiger partial charge is 0.150 e. The number of para-hydroxylation sites is 1. The zero-order chi connectivity index (χ0) is 9.97. The zero-order valence-corrected chi connectivity index (χ0v) is 8.03. The molecule has 1 N–H and O–H groups in total. The van der Waals surface area contributed by atoms with E-state index >= 15 is 0 Å². The highest BCUT2D eigenvalue weighted by Gasteiger charge is 1.99. The topological polar surface area (TPSA) is 34.0 Å². The Morgan fingerprint density at radius 2 is 2.14 bits per heavy atom. The summed E-state index contributed by atoms with van der Waals surface area (Å²) in [6.45, 7) is 1.93. The van der Waals surface area contributed by atoms with Crippen molar-refractivity contribution < 1.29 is 4.79 Å². The van der Waals surface area contributed by atoms with Crippen molar-refractivity contribution in [1.29, 1.82) is 0 Å². The van der Waals surface area contributed by atoms with Gasteiger partial charge in [0.2, 0.25) is 0 Å². The summed E-state index contributed by atoms with van der Waals surface area (Å²) >= 11 is 0. The molecule has 1 heterocycles. The molecule has 0 radical (unpaired) electrons. The number of nitrogens with one attached hydrogen (secondary N) is 1. The monoisotopic (exact) mass is 188 g/mol. The number of fused-ring (bicyclic) bond motifs is 1. The Bertz CT molecular complexity index is 459. The Hall–Kier alpha value is -1.77. The van der Waals surface area contributed by atoms with Crippen LogP contribution in [0, 0.1) is 0 Å². The van der Waals surface area contributed by atoms with Gasteiger partial charge < -0.3 is 5.43 Å². The predicted molar refractivity (Wildman–Crippen MR) is 56.8 cm³/mol. The molecule has 0 unspecified atom stereocenters. The van der Waals surface area contributed by atoms with Crippen molar-refractivity contribution in [1.82, 2.24) is 4.68 Å². The molecule has 1 aromatic heterocycles. The van der Waals surface area contributed by atoms with Crippen molar-refractivity contribution in [3.8, 4) is 0 Å². The van der Waals surface area contributed by atoms with Gasteiger partial charge >= 0.3 is 0 Å². The molecule has 2 aromatic rings. The maximum Gasteiger partial charge on any atom is 0.150 e. The van der Waals surface area contributed by atoms with Crippen LogP contribution in [0.1, 0.15) is 6.92 Å². The van der Waals surface area contributed by atoms with Crippen LogP contribution in [0.5, 0.6) is 0 Å². The lowest BCUT2D eigenvalue weighted by Crippen LogP contribution is -2.19. The average molecular weight is 188 g/mol. The van der Waals surface area contributed by atoms with Crippen LogP contribution in [0.3, 0.4) is 0 Å². The minimum atomic E-state index is 0.128. The number of aromatic nitrogens is 1. The predicted octanol–water partition coefficient (Wildman–Crippen LogP) is 1.77. The Kier molecular flexibility index (Phi) is 2.23. The maximum absolute atomic E-state index is 10.8. The Balaban J connectivity index is 2.29. The van der Waals surface area contributed by atoms with Crippen LogP contribution < -0.4 is 5.43 Å². The third kappa shape index (κ3) is 1.62. The first-order valence-corrected chi connectivity index (χ1v) is 4.57. The van der Waals surface area contributed by atoms with Crippen LogP contribution in [0.4, 0.5) is 0 Å². The molecule has 14 heavy (non-hydrogen) atoms. The Morgan fingerprint density at radius 1 is 1.36 bits per heavy atom. The van der Waals surface area contributed by atoms with Gasteiger partial charge in [0.15, 0.2) is 0 Å². The molecule has 3 heteroatoms. The number of ketones is 1.